The average molecular weight is 659 g/mol. The molecule has 0 bridgehead atoms. The van der Waals surface area contributed by atoms with Crippen LogP contribution in [0.1, 0.15) is 35.2 Å². The van der Waals surface area contributed by atoms with Crippen molar-refractivity contribution in [3.63, 3.8) is 0 Å². The first kappa shape index (κ1) is 24.7. The molecule has 33 heavy (non-hydrogen) atoms. The lowest BCUT2D eigenvalue weighted by Gasteiger charge is -2.15. The predicted molar refractivity (Wildman–Crippen MR) is 144 cm³/mol. The predicted octanol–water partition coefficient (Wildman–Crippen LogP) is 6.13. The highest BCUT2D eigenvalue weighted by molar-refractivity contribution is 14.1. The van der Waals surface area contributed by atoms with E-state index in [-0.39, 0.29) is 18.2 Å². The molecule has 7 heteroatoms. The van der Waals surface area contributed by atoms with Crippen molar-refractivity contribution in [2.24, 2.45) is 0 Å². The van der Waals surface area contributed by atoms with Crippen molar-refractivity contribution in [3.05, 3.63) is 102 Å². The van der Waals surface area contributed by atoms with Gasteiger partial charge in [-0.2, -0.15) is 10.5 Å². The Morgan fingerprint density at radius 2 is 1.79 bits per heavy atom. The van der Waals surface area contributed by atoms with E-state index in [4.69, 9.17) is 4.74 Å². The van der Waals surface area contributed by atoms with E-state index in [2.05, 4.69) is 56.6 Å². The van der Waals surface area contributed by atoms with Crippen LogP contribution < -0.4 is 10.1 Å². The van der Waals surface area contributed by atoms with Gasteiger partial charge in [0.05, 0.1) is 21.2 Å². The Labute approximate surface area is 220 Å². The molecule has 0 heterocycles. The maximum absolute atomic E-state index is 12.8. The Kier molecular flexibility index (Phi) is 8.87. The summed E-state index contributed by atoms with van der Waals surface area (Å²) < 4.78 is 7.87. The van der Waals surface area contributed by atoms with Gasteiger partial charge in [-0.05, 0) is 81.9 Å². The highest BCUT2D eigenvalue weighted by Crippen LogP contribution is 2.31. The Bertz CT molecular complexity index is 1270. The molecule has 0 spiro atoms. The molecular weight excluding hydrogens is 640 g/mol. The van der Waals surface area contributed by atoms with E-state index >= 15 is 0 Å². The van der Waals surface area contributed by atoms with Crippen molar-refractivity contribution in [2.75, 3.05) is 0 Å². The van der Waals surface area contributed by atoms with Crippen LogP contribution in [-0.2, 0) is 11.4 Å². The molecule has 0 saturated carbocycles. The van der Waals surface area contributed by atoms with Crippen LogP contribution in [0.2, 0.25) is 0 Å². The first-order chi connectivity index (χ1) is 15.9. The molecule has 3 rings (SSSR count). The van der Waals surface area contributed by atoms with Crippen LogP contribution in [-0.4, -0.2) is 5.91 Å². The quantitative estimate of drug-likeness (QED) is 0.188. The third-order valence-corrected chi connectivity index (χ3v) is 6.28. The molecule has 0 fully saturated rings. The minimum absolute atomic E-state index is 0.0159. The van der Waals surface area contributed by atoms with E-state index in [0.717, 1.165) is 18.3 Å². The van der Waals surface area contributed by atoms with E-state index in [1.54, 1.807) is 18.2 Å². The molecule has 164 valence electrons. The molecule has 5 nitrogen and oxygen atoms in total. The van der Waals surface area contributed by atoms with Crippen LogP contribution in [0, 0.1) is 29.8 Å². The molecule has 0 radical (unpaired) electrons. The fourth-order valence-corrected chi connectivity index (χ4v) is 5.19. The molecule has 0 aromatic heterocycles. The van der Waals surface area contributed by atoms with E-state index in [9.17, 15) is 15.3 Å². The van der Waals surface area contributed by atoms with Crippen LogP contribution in [0.4, 0.5) is 0 Å². The summed E-state index contributed by atoms with van der Waals surface area (Å²) in [6.45, 7) is 2.07. The number of nitrogens with one attached hydrogen (secondary N) is 1. The molecule has 3 aromatic carbocycles. The molecule has 0 aliphatic heterocycles. The summed E-state index contributed by atoms with van der Waals surface area (Å²) in [6, 6.07) is 24.5. The molecule has 0 unspecified atom stereocenters. The van der Waals surface area contributed by atoms with Crippen LogP contribution in [0.25, 0.3) is 6.08 Å². The number of carbonyl (C=O) groups is 1. The average Bonchev–Trinajstić information content (AvgIpc) is 2.82. The third-order valence-electron chi connectivity index (χ3n) is 4.86. The first-order valence-electron chi connectivity index (χ1n) is 10.0. The van der Waals surface area contributed by atoms with Crippen molar-refractivity contribution in [3.8, 4) is 17.9 Å². The topological polar surface area (TPSA) is 85.9 Å². The Morgan fingerprint density at radius 1 is 1.09 bits per heavy atom. The van der Waals surface area contributed by atoms with Crippen molar-refractivity contribution < 1.29 is 9.53 Å². The minimum atomic E-state index is -0.455. The smallest absolute Gasteiger partial charge is 0.262 e. The monoisotopic (exact) mass is 659 g/mol. The first-order valence-corrected chi connectivity index (χ1v) is 12.2. The molecule has 1 amide bonds. The number of carbonyl (C=O) groups excluding carboxylic acids is 1. The molecule has 0 aliphatic rings. The SMILES string of the molecule is C[C@@H](NC(=O)/C(C#N)=C\c1cc(I)cc(I)c1OCc1ccccc1C#N)c1ccccc1. The second-order valence-electron chi connectivity index (χ2n) is 7.14. The lowest BCUT2D eigenvalue weighted by Crippen LogP contribution is -2.27. The zero-order valence-corrected chi connectivity index (χ0v) is 22.0. The molecule has 1 N–H and O–H groups in total. The van der Waals surface area contributed by atoms with Gasteiger partial charge in [0.1, 0.15) is 24.0 Å². The van der Waals surface area contributed by atoms with Gasteiger partial charge in [0.2, 0.25) is 0 Å². The number of hydrogen-bond donors (Lipinski definition) is 1. The van der Waals surface area contributed by atoms with Crippen LogP contribution >= 0.6 is 45.2 Å². The number of amides is 1. The largest absolute Gasteiger partial charge is 0.487 e. The number of ether oxygens (including phenoxy) is 1. The lowest BCUT2D eigenvalue weighted by molar-refractivity contribution is -0.117. The highest BCUT2D eigenvalue weighted by atomic mass is 127. The van der Waals surface area contributed by atoms with E-state index in [1.807, 2.05) is 67.6 Å². The van der Waals surface area contributed by atoms with Gasteiger partial charge in [0.25, 0.3) is 5.91 Å². The maximum atomic E-state index is 12.8. The summed E-state index contributed by atoms with van der Waals surface area (Å²) in [7, 11) is 0. The number of hydrogen-bond acceptors (Lipinski definition) is 4. The number of rotatable bonds is 7. The van der Waals surface area contributed by atoms with Crippen molar-refractivity contribution >= 4 is 57.2 Å². The van der Waals surface area contributed by atoms with E-state index < -0.39 is 5.91 Å². The van der Waals surface area contributed by atoms with Gasteiger partial charge in [0.15, 0.2) is 0 Å². The number of halogens is 2. The molecule has 3 aromatic rings. The summed E-state index contributed by atoms with van der Waals surface area (Å²) in [5.41, 5.74) is 2.87. The zero-order valence-electron chi connectivity index (χ0n) is 17.7. The van der Waals surface area contributed by atoms with Crippen LogP contribution in [0.3, 0.4) is 0 Å². The Hall–Kier alpha value is -2.89. The van der Waals surface area contributed by atoms with Gasteiger partial charge in [-0.15, -0.1) is 0 Å². The summed E-state index contributed by atoms with van der Waals surface area (Å²) in [5, 5.41) is 21.9. The molecule has 1 atom stereocenters. The normalized spacial score (nSPS) is 11.7. The van der Waals surface area contributed by atoms with Crippen molar-refractivity contribution in [2.45, 2.75) is 19.6 Å². The van der Waals surface area contributed by atoms with Gasteiger partial charge in [-0.1, -0.05) is 48.5 Å². The summed E-state index contributed by atoms with van der Waals surface area (Å²) in [5.74, 6) is 0.101. The summed E-state index contributed by atoms with van der Waals surface area (Å²) in [4.78, 5) is 12.8. The van der Waals surface area contributed by atoms with E-state index in [1.165, 1.54) is 0 Å². The third kappa shape index (κ3) is 6.56. The standard InChI is InChI=1S/C26H19I2N3O2/c1-17(18-7-3-2-4-8-18)31-26(32)22(15-30)11-21-12-23(27)13-24(28)25(21)33-16-20-10-6-5-9-19(20)14-29/h2-13,17H,16H2,1H3,(H,31,32)/b22-11-/t17-/m1/s1. The van der Waals surface area contributed by atoms with E-state index in [0.29, 0.717) is 16.9 Å². The fraction of sp³-hybridized carbons (Fsp3) is 0.115. The summed E-state index contributed by atoms with van der Waals surface area (Å²) >= 11 is 4.36. The van der Waals surface area contributed by atoms with Gasteiger partial charge in [-0.3, -0.25) is 4.79 Å². The zero-order chi connectivity index (χ0) is 23.8. The van der Waals surface area contributed by atoms with Gasteiger partial charge < -0.3 is 10.1 Å². The Morgan fingerprint density at radius 3 is 2.48 bits per heavy atom. The molecule has 0 saturated heterocycles. The van der Waals surface area contributed by atoms with Gasteiger partial charge in [0, 0.05) is 14.7 Å². The van der Waals surface area contributed by atoms with Gasteiger partial charge in [-0.25, -0.2) is 0 Å². The second-order valence-corrected chi connectivity index (χ2v) is 9.55. The minimum Gasteiger partial charge on any atom is -0.487 e. The Balaban J connectivity index is 1.88. The molecular formula is C26H19I2N3O2. The maximum Gasteiger partial charge on any atom is 0.262 e. The van der Waals surface area contributed by atoms with Crippen LogP contribution in [0.15, 0.2) is 72.3 Å². The lowest BCUT2D eigenvalue weighted by atomic mass is 10.1. The van der Waals surface area contributed by atoms with Crippen LogP contribution in [0.5, 0.6) is 5.75 Å². The fourth-order valence-electron chi connectivity index (χ4n) is 3.15. The van der Waals surface area contributed by atoms with Crippen molar-refractivity contribution in [1.82, 2.24) is 5.32 Å². The highest BCUT2D eigenvalue weighted by Gasteiger charge is 2.17. The van der Waals surface area contributed by atoms with Crippen molar-refractivity contribution in [1.29, 1.82) is 10.5 Å². The number of nitriles is 2. The van der Waals surface area contributed by atoms with Gasteiger partial charge >= 0.3 is 0 Å². The number of nitrogens with zero attached hydrogens (tertiary/aromatic N) is 2. The summed E-state index contributed by atoms with van der Waals surface area (Å²) in [6.07, 6.45) is 1.54. The molecule has 0 aliphatic carbocycles. The number of benzene rings is 3. The second kappa shape index (κ2) is 11.8.